The Bertz CT molecular complexity index is 850. The Morgan fingerprint density at radius 3 is 2.52 bits per heavy atom. The summed E-state index contributed by atoms with van der Waals surface area (Å²) >= 11 is 3.97. The molecule has 0 N–H and O–H groups in total. The summed E-state index contributed by atoms with van der Waals surface area (Å²) in [5.74, 6) is 0.0937. The van der Waals surface area contributed by atoms with Crippen LogP contribution in [0.1, 0.15) is 5.56 Å². The number of hydrogen-bond donors (Lipinski definition) is 0. The first-order valence-corrected chi connectivity index (χ1v) is 8.17. The van der Waals surface area contributed by atoms with Crippen molar-refractivity contribution in [1.29, 1.82) is 0 Å². The van der Waals surface area contributed by atoms with Crippen molar-refractivity contribution >= 4 is 22.7 Å². The summed E-state index contributed by atoms with van der Waals surface area (Å²) < 4.78 is 36.1. The van der Waals surface area contributed by atoms with Crippen molar-refractivity contribution in [2.45, 2.75) is 5.75 Å². The van der Waals surface area contributed by atoms with Gasteiger partial charge in [0, 0.05) is 17.5 Å². The molecule has 0 aliphatic heterocycles. The molecule has 0 fully saturated rings. The van der Waals surface area contributed by atoms with Gasteiger partial charge < -0.3 is 4.55 Å². The van der Waals surface area contributed by atoms with Crippen molar-refractivity contribution in [3.8, 4) is 17.1 Å². The smallest absolute Gasteiger partial charge is 0.155 e. The summed E-state index contributed by atoms with van der Waals surface area (Å²) in [4.78, 5) is 8.29. The monoisotopic (exact) mass is 350 g/mol. The van der Waals surface area contributed by atoms with Crippen molar-refractivity contribution < 1.29 is 13.2 Å². The Morgan fingerprint density at radius 2 is 1.91 bits per heavy atom. The summed E-state index contributed by atoms with van der Waals surface area (Å²) in [5, 5.41) is 0.267. The van der Waals surface area contributed by atoms with Gasteiger partial charge in [-0.3, -0.25) is 8.78 Å². The van der Waals surface area contributed by atoms with E-state index < -0.39 is 11.1 Å². The zero-order chi connectivity index (χ0) is 16.4. The Kier molecular flexibility index (Phi) is 4.51. The van der Waals surface area contributed by atoms with E-state index in [2.05, 4.69) is 9.97 Å². The van der Waals surface area contributed by atoms with Gasteiger partial charge in [0.15, 0.2) is 5.15 Å². The largest absolute Gasteiger partial charge is 0.772 e. The molecule has 0 radical (unpaired) electrons. The maximum atomic E-state index is 13.1. The highest BCUT2D eigenvalue weighted by Crippen LogP contribution is 2.29. The van der Waals surface area contributed by atoms with E-state index in [1.54, 1.807) is 28.8 Å². The SMILES string of the molecule is O=S([O-])Cc1ccc(-n2cnc(Cl)c2-c2ccc(F)cc2)nc1. The Hall–Kier alpha value is -2.09. The minimum Gasteiger partial charge on any atom is -0.772 e. The first kappa shape index (κ1) is 15.8. The molecule has 1 aromatic carbocycles. The van der Waals surface area contributed by atoms with Crippen LogP contribution in [0.2, 0.25) is 5.15 Å². The quantitative estimate of drug-likeness (QED) is 0.678. The van der Waals surface area contributed by atoms with Crippen LogP contribution in [0, 0.1) is 5.82 Å². The number of nitrogens with zero attached hydrogens (tertiary/aromatic N) is 3. The summed E-state index contributed by atoms with van der Waals surface area (Å²) in [6.45, 7) is 0. The fourth-order valence-corrected chi connectivity index (χ4v) is 2.83. The molecule has 2 heterocycles. The van der Waals surface area contributed by atoms with Crippen LogP contribution in [0.3, 0.4) is 0 Å². The lowest BCUT2D eigenvalue weighted by Gasteiger charge is -2.09. The van der Waals surface area contributed by atoms with Crippen molar-refractivity contribution in [3.05, 3.63) is 65.5 Å². The Balaban J connectivity index is 2.01. The molecule has 8 heteroatoms. The minimum absolute atomic E-state index is 0.0945. The zero-order valence-corrected chi connectivity index (χ0v) is 13.2. The molecule has 5 nitrogen and oxygen atoms in total. The Labute approximate surface area is 139 Å². The molecule has 2 aromatic heterocycles. The second kappa shape index (κ2) is 6.57. The molecule has 0 spiro atoms. The molecule has 23 heavy (non-hydrogen) atoms. The number of imidazole rings is 1. The number of halogens is 2. The van der Waals surface area contributed by atoms with Gasteiger partial charge in [-0.15, -0.1) is 0 Å². The van der Waals surface area contributed by atoms with Crippen LogP contribution >= 0.6 is 11.6 Å². The zero-order valence-electron chi connectivity index (χ0n) is 11.6. The van der Waals surface area contributed by atoms with Crippen molar-refractivity contribution in [1.82, 2.24) is 14.5 Å². The van der Waals surface area contributed by atoms with Crippen LogP contribution in [0.25, 0.3) is 17.1 Å². The summed E-state index contributed by atoms with van der Waals surface area (Å²) in [6.07, 6.45) is 2.99. The molecular formula is C15H10ClFN3O2S-. The number of benzene rings is 1. The maximum absolute atomic E-state index is 13.1. The predicted molar refractivity (Wildman–Crippen MR) is 84.4 cm³/mol. The number of pyridine rings is 1. The molecule has 1 atom stereocenters. The van der Waals surface area contributed by atoms with Gasteiger partial charge in [-0.1, -0.05) is 28.7 Å². The third kappa shape index (κ3) is 3.47. The maximum Gasteiger partial charge on any atom is 0.155 e. The van der Waals surface area contributed by atoms with E-state index in [4.69, 9.17) is 11.6 Å². The highest BCUT2D eigenvalue weighted by atomic mass is 35.5. The van der Waals surface area contributed by atoms with Crippen molar-refractivity contribution in [2.75, 3.05) is 0 Å². The lowest BCUT2D eigenvalue weighted by atomic mass is 10.1. The van der Waals surface area contributed by atoms with E-state index in [0.29, 0.717) is 22.6 Å². The molecule has 1 unspecified atom stereocenters. The summed E-state index contributed by atoms with van der Waals surface area (Å²) in [6, 6.07) is 9.22. The van der Waals surface area contributed by atoms with Crippen LogP contribution in [0.5, 0.6) is 0 Å². The van der Waals surface area contributed by atoms with E-state index in [1.165, 1.54) is 24.7 Å². The van der Waals surface area contributed by atoms with Crippen LogP contribution in [-0.4, -0.2) is 23.3 Å². The first-order chi connectivity index (χ1) is 11.0. The molecule has 3 rings (SSSR count). The number of rotatable bonds is 4. The standard InChI is InChI=1S/C15H11ClFN3O2S/c16-15-14(11-2-4-12(17)5-3-11)20(9-19-15)13-6-1-10(7-18-13)8-23(21)22/h1-7,9H,8H2,(H,21,22)/p-1. The lowest BCUT2D eigenvalue weighted by molar-refractivity contribution is 0.536. The van der Waals surface area contributed by atoms with Crippen LogP contribution in [-0.2, 0) is 16.8 Å². The number of aromatic nitrogens is 3. The van der Waals surface area contributed by atoms with E-state index in [-0.39, 0.29) is 16.7 Å². The molecule has 3 aromatic rings. The predicted octanol–water partition coefficient (Wildman–Crippen LogP) is 3.11. The molecule has 0 aliphatic rings. The van der Waals surface area contributed by atoms with Gasteiger partial charge in [0.05, 0.1) is 5.69 Å². The van der Waals surface area contributed by atoms with Gasteiger partial charge in [-0.25, -0.2) is 14.4 Å². The minimum atomic E-state index is -2.17. The summed E-state index contributed by atoms with van der Waals surface area (Å²) in [7, 11) is 0. The second-order valence-corrected chi connectivity index (χ2v) is 5.99. The van der Waals surface area contributed by atoms with E-state index in [9.17, 15) is 13.2 Å². The van der Waals surface area contributed by atoms with E-state index >= 15 is 0 Å². The summed E-state index contributed by atoms with van der Waals surface area (Å²) in [5.41, 5.74) is 1.86. The highest BCUT2D eigenvalue weighted by molar-refractivity contribution is 7.78. The van der Waals surface area contributed by atoms with Gasteiger partial charge in [-0.05, 0) is 35.9 Å². The van der Waals surface area contributed by atoms with Crippen LogP contribution in [0.15, 0.2) is 48.9 Å². The van der Waals surface area contributed by atoms with Gasteiger partial charge in [0.1, 0.15) is 18.0 Å². The van der Waals surface area contributed by atoms with Gasteiger partial charge in [0.25, 0.3) is 0 Å². The third-order valence-electron chi connectivity index (χ3n) is 3.18. The van der Waals surface area contributed by atoms with Gasteiger partial charge in [0.2, 0.25) is 0 Å². The van der Waals surface area contributed by atoms with Gasteiger partial charge >= 0.3 is 0 Å². The normalized spacial score (nSPS) is 12.3. The molecule has 118 valence electrons. The lowest BCUT2D eigenvalue weighted by Crippen LogP contribution is -2.00. The van der Waals surface area contributed by atoms with E-state index in [1.807, 2.05) is 0 Å². The van der Waals surface area contributed by atoms with Crippen molar-refractivity contribution in [2.24, 2.45) is 0 Å². The fourth-order valence-electron chi connectivity index (χ4n) is 2.15. The van der Waals surface area contributed by atoms with Crippen LogP contribution in [0.4, 0.5) is 4.39 Å². The van der Waals surface area contributed by atoms with Crippen molar-refractivity contribution in [3.63, 3.8) is 0 Å². The average Bonchev–Trinajstić information content (AvgIpc) is 2.90. The first-order valence-electron chi connectivity index (χ1n) is 6.54. The average molecular weight is 351 g/mol. The second-order valence-electron chi connectivity index (χ2n) is 4.73. The molecule has 0 saturated carbocycles. The van der Waals surface area contributed by atoms with E-state index in [0.717, 1.165) is 0 Å². The fraction of sp³-hybridized carbons (Fsp3) is 0.0667. The third-order valence-corrected chi connectivity index (χ3v) is 4.03. The van der Waals surface area contributed by atoms with Gasteiger partial charge in [-0.2, -0.15) is 0 Å². The molecular weight excluding hydrogens is 341 g/mol. The Morgan fingerprint density at radius 1 is 1.17 bits per heavy atom. The molecule has 0 saturated heterocycles. The topological polar surface area (TPSA) is 70.8 Å². The molecule has 0 amide bonds. The number of hydrogen-bond acceptors (Lipinski definition) is 4. The molecule has 0 aliphatic carbocycles. The molecule has 0 bridgehead atoms. The van der Waals surface area contributed by atoms with Crippen LogP contribution < -0.4 is 0 Å². The highest BCUT2D eigenvalue weighted by Gasteiger charge is 2.13.